The number of cyclic esters (lactones) is 1. The molecular weight excluding hydrogens is 421 g/mol. The first-order chi connectivity index (χ1) is 11.0. The van der Waals surface area contributed by atoms with Gasteiger partial charge in [-0.15, -0.1) is 0 Å². The number of benzene rings is 1. The summed E-state index contributed by atoms with van der Waals surface area (Å²) < 4.78 is 11.0. The fraction of sp³-hybridized carbons (Fsp3) is 0.556. The molecule has 0 radical (unpaired) electrons. The van der Waals surface area contributed by atoms with E-state index in [4.69, 9.17) is 9.47 Å². The molecule has 1 unspecified atom stereocenters. The molecule has 24 heavy (non-hydrogen) atoms. The fourth-order valence-corrected chi connectivity index (χ4v) is 3.52. The van der Waals surface area contributed by atoms with Crippen LogP contribution in [0.2, 0.25) is 0 Å². The molecule has 0 spiro atoms. The van der Waals surface area contributed by atoms with Gasteiger partial charge in [0.25, 0.3) is 0 Å². The Balaban J connectivity index is 2.37. The summed E-state index contributed by atoms with van der Waals surface area (Å²) in [5.74, 6) is -0.721. The van der Waals surface area contributed by atoms with Gasteiger partial charge in [0.1, 0.15) is 17.2 Å². The molecule has 2 rings (SSSR count). The van der Waals surface area contributed by atoms with Gasteiger partial charge in [-0.3, -0.25) is 0 Å². The average Bonchev–Trinajstić information content (AvgIpc) is 2.69. The maximum absolute atomic E-state index is 12.6. The van der Waals surface area contributed by atoms with Gasteiger partial charge in [-0.25, -0.2) is 9.59 Å². The van der Waals surface area contributed by atoms with E-state index in [-0.39, 0.29) is 15.9 Å². The summed E-state index contributed by atoms with van der Waals surface area (Å²) in [7, 11) is 0. The van der Waals surface area contributed by atoms with E-state index in [1.54, 1.807) is 27.7 Å². The van der Waals surface area contributed by atoms with Gasteiger partial charge < -0.3 is 14.8 Å². The molecule has 0 saturated carbocycles. The van der Waals surface area contributed by atoms with Crippen LogP contribution in [0.5, 0.6) is 0 Å². The summed E-state index contributed by atoms with van der Waals surface area (Å²) in [6, 6.07) is 9.66. The van der Waals surface area contributed by atoms with Crippen LogP contribution < -0.4 is 5.32 Å². The highest BCUT2D eigenvalue weighted by Gasteiger charge is 2.57. The minimum absolute atomic E-state index is 0.0963. The third kappa shape index (κ3) is 4.02. The Bertz CT molecular complexity index is 611. The molecule has 1 heterocycles. The van der Waals surface area contributed by atoms with Gasteiger partial charge >= 0.3 is 12.1 Å². The summed E-state index contributed by atoms with van der Waals surface area (Å²) in [4.78, 5) is 24.9. The second-order valence-electron chi connectivity index (χ2n) is 7.27. The van der Waals surface area contributed by atoms with E-state index in [0.717, 1.165) is 5.56 Å². The molecule has 4 atom stereocenters. The van der Waals surface area contributed by atoms with Crippen molar-refractivity contribution in [2.75, 3.05) is 0 Å². The summed E-state index contributed by atoms with van der Waals surface area (Å²) in [6.07, 6.45) is -0.940. The molecule has 1 N–H and O–H groups in total. The van der Waals surface area contributed by atoms with Crippen molar-refractivity contribution < 1.29 is 19.1 Å². The van der Waals surface area contributed by atoms with Crippen LogP contribution in [0.25, 0.3) is 0 Å². The number of carbonyl (C=O) groups excluding carboxylic acids is 2. The number of amides is 1. The van der Waals surface area contributed by atoms with E-state index < -0.39 is 23.2 Å². The molecule has 1 fully saturated rings. The van der Waals surface area contributed by atoms with Gasteiger partial charge in [-0.1, -0.05) is 52.9 Å². The average molecular weight is 445 g/mol. The predicted molar refractivity (Wildman–Crippen MR) is 100 cm³/mol. The molecule has 5 nitrogen and oxygen atoms in total. The lowest BCUT2D eigenvalue weighted by molar-refractivity contribution is -0.145. The first-order valence-electron chi connectivity index (χ1n) is 7.96. The number of nitrogens with one attached hydrogen (secondary N) is 1. The fourth-order valence-electron chi connectivity index (χ4n) is 2.96. The molecular formula is C18H24INO4. The van der Waals surface area contributed by atoms with Crippen LogP contribution in [0, 0.1) is 0 Å². The van der Waals surface area contributed by atoms with E-state index in [1.807, 2.05) is 37.3 Å². The molecule has 1 aliphatic heterocycles. The molecule has 0 aromatic heterocycles. The van der Waals surface area contributed by atoms with E-state index in [1.165, 1.54) is 0 Å². The number of ether oxygens (including phenoxy) is 2. The van der Waals surface area contributed by atoms with E-state index in [2.05, 4.69) is 27.9 Å². The monoisotopic (exact) mass is 445 g/mol. The second kappa shape index (κ2) is 6.90. The molecule has 0 aliphatic carbocycles. The molecule has 6 heteroatoms. The smallest absolute Gasteiger partial charge is 0.408 e. The zero-order chi connectivity index (χ0) is 18.1. The van der Waals surface area contributed by atoms with Crippen molar-refractivity contribution in [3.8, 4) is 0 Å². The third-order valence-corrected chi connectivity index (χ3v) is 4.70. The quantitative estimate of drug-likeness (QED) is 0.437. The first-order valence-corrected chi connectivity index (χ1v) is 9.20. The van der Waals surface area contributed by atoms with Gasteiger partial charge in [-0.2, -0.15) is 0 Å². The summed E-state index contributed by atoms with van der Waals surface area (Å²) in [6.45, 7) is 9.05. The van der Waals surface area contributed by atoms with Crippen LogP contribution >= 0.6 is 22.6 Å². The van der Waals surface area contributed by atoms with Crippen molar-refractivity contribution >= 4 is 34.7 Å². The van der Waals surface area contributed by atoms with Gasteiger partial charge in [0.15, 0.2) is 0 Å². The number of hydrogen-bond donors (Lipinski definition) is 1. The second-order valence-corrected chi connectivity index (χ2v) is 9.23. The largest absolute Gasteiger partial charge is 0.459 e. The summed E-state index contributed by atoms with van der Waals surface area (Å²) in [5, 5.41) is 2.76. The van der Waals surface area contributed by atoms with Crippen molar-refractivity contribution in [1.29, 1.82) is 0 Å². The predicted octanol–water partition coefficient (Wildman–Crippen LogP) is 3.80. The molecule has 132 valence electrons. The number of esters is 1. The molecule has 1 saturated heterocycles. The van der Waals surface area contributed by atoms with Crippen LogP contribution in [-0.2, 0) is 14.3 Å². The number of rotatable bonds is 3. The molecule has 1 aromatic carbocycles. The van der Waals surface area contributed by atoms with E-state index >= 15 is 0 Å². The Morgan fingerprint density at radius 1 is 1.33 bits per heavy atom. The third-order valence-electron chi connectivity index (χ3n) is 3.99. The number of carbonyl (C=O) groups is 2. The Morgan fingerprint density at radius 3 is 2.42 bits per heavy atom. The number of halogens is 1. The number of alkyl halides is 1. The van der Waals surface area contributed by atoms with Gasteiger partial charge in [-0.05, 0) is 40.2 Å². The summed E-state index contributed by atoms with van der Waals surface area (Å²) >= 11 is 2.25. The number of alkyl carbamates (subject to hydrolysis) is 1. The van der Waals surface area contributed by atoms with E-state index in [0.29, 0.717) is 0 Å². The standard InChI is InChI=1S/C18H24INO4/c1-11(19)14-13(12-9-7-6-8-10-12)18(5,15(21)23-14)20-16(22)24-17(2,3)4/h6-11,13-14H,1-5H3,(H,20,22)/t11-,13+,14?,18-/m0/s1. The van der Waals surface area contributed by atoms with Crippen molar-refractivity contribution in [2.24, 2.45) is 0 Å². The van der Waals surface area contributed by atoms with E-state index in [9.17, 15) is 9.59 Å². The minimum atomic E-state index is -1.17. The van der Waals surface area contributed by atoms with Crippen LogP contribution in [0.1, 0.15) is 46.1 Å². The highest BCUT2D eigenvalue weighted by Crippen LogP contribution is 2.43. The molecule has 1 aromatic rings. The van der Waals surface area contributed by atoms with Crippen molar-refractivity contribution in [3.05, 3.63) is 35.9 Å². The molecule has 1 aliphatic rings. The summed E-state index contributed by atoms with van der Waals surface area (Å²) in [5.41, 5.74) is -0.856. The first kappa shape index (κ1) is 19.0. The van der Waals surface area contributed by atoms with Crippen LogP contribution in [0.4, 0.5) is 4.79 Å². The van der Waals surface area contributed by atoms with Crippen LogP contribution in [0.15, 0.2) is 30.3 Å². The van der Waals surface area contributed by atoms with Crippen molar-refractivity contribution in [2.45, 2.75) is 61.7 Å². The highest BCUT2D eigenvalue weighted by atomic mass is 127. The Morgan fingerprint density at radius 2 is 1.92 bits per heavy atom. The topological polar surface area (TPSA) is 64.6 Å². The zero-order valence-electron chi connectivity index (χ0n) is 14.6. The lowest BCUT2D eigenvalue weighted by Gasteiger charge is -2.32. The zero-order valence-corrected chi connectivity index (χ0v) is 16.8. The van der Waals surface area contributed by atoms with Gasteiger partial charge in [0, 0.05) is 3.92 Å². The van der Waals surface area contributed by atoms with Crippen LogP contribution in [-0.4, -0.2) is 33.2 Å². The minimum Gasteiger partial charge on any atom is -0.459 e. The lowest BCUT2D eigenvalue weighted by atomic mass is 9.78. The maximum Gasteiger partial charge on any atom is 0.408 e. The molecule has 0 bridgehead atoms. The Hall–Kier alpha value is -1.31. The Kier molecular flexibility index (Phi) is 5.47. The van der Waals surface area contributed by atoms with Crippen LogP contribution in [0.3, 0.4) is 0 Å². The normalized spacial score (nSPS) is 28.2. The lowest BCUT2D eigenvalue weighted by Crippen LogP contribution is -2.55. The maximum atomic E-state index is 12.6. The van der Waals surface area contributed by atoms with Gasteiger partial charge in [0.05, 0.1) is 5.92 Å². The molecule has 1 amide bonds. The van der Waals surface area contributed by atoms with Gasteiger partial charge in [0.2, 0.25) is 0 Å². The van der Waals surface area contributed by atoms with Crippen molar-refractivity contribution in [1.82, 2.24) is 5.32 Å². The SMILES string of the molecule is C[C@H](I)C1OC(=O)[C@@](C)(NC(=O)OC(C)(C)C)[C@@H]1c1ccccc1. The highest BCUT2D eigenvalue weighted by molar-refractivity contribution is 14.1. The Labute approximate surface area is 156 Å². The van der Waals surface area contributed by atoms with Crippen molar-refractivity contribution in [3.63, 3.8) is 0 Å². The number of hydrogen-bond acceptors (Lipinski definition) is 4.